The summed E-state index contributed by atoms with van der Waals surface area (Å²) in [5.74, 6) is 1.05. The molecule has 0 saturated carbocycles. The molecule has 7 nitrogen and oxygen atoms in total. The van der Waals surface area contributed by atoms with Crippen LogP contribution in [0.15, 0.2) is 30.6 Å². The number of ether oxygens (including phenoxy) is 2. The van der Waals surface area contributed by atoms with Gasteiger partial charge in [0, 0.05) is 30.6 Å². The number of rotatable bonds is 7. The van der Waals surface area contributed by atoms with E-state index in [1.165, 1.54) is 0 Å². The number of benzene rings is 1. The van der Waals surface area contributed by atoms with E-state index in [-0.39, 0.29) is 18.3 Å². The van der Waals surface area contributed by atoms with Crippen molar-refractivity contribution in [2.24, 2.45) is 7.05 Å². The van der Waals surface area contributed by atoms with E-state index in [0.29, 0.717) is 23.8 Å². The molecule has 0 saturated heterocycles. The van der Waals surface area contributed by atoms with Gasteiger partial charge in [-0.05, 0) is 26.1 Å². The largest absolute Gasteiger partial charge is 0.493 e. The second kappa shape index (κ2) is 9.14. The minimum absolute atomic E-state index is 0. The van der Waals surface area contributed by atoms with E-state index in [0.717, 1.165) is 5.56 Å². The molecule has 0 radical (unpaired) electrons. The highest BCUT2D eigenvalue weighted by Crippen LogP contribution is 2.30. The van der Waals surface area contributed by atoms with Gasteiger partial charge in [-0.2, -0.15) is 5.10 Å². The van der Waals surface area contributed by atoms with Gasteiger partial charge in [-0.15, -0.1) is 12.4 Å². The molecule has 0 aliphatic rings. The van der Waals surface area contributed by atoms with Crippen molar-refractivity contribution in [3.63, 3.8) is 0 Å². The van der Waals surface area contributed by atoms with Crippen LogP contribution in [0, 0.1) is 0 Å². The van der Waals surface area contributed by atoms with Crippen molar-refractivity contribution in [2.75, 3.05) is 26.1 Å². The molecule has 2 aromatic rings. The summed E-state index contributed by atoms with van der Waals surface area (Å²) in [6, 6.07) is 4.80. The SMILES string of the molecule is CCOc1cc(NC(=O)C(NC)c2cnn(C)c2)ccc1OC.Cl. The topological polar surface area (TPSA) is 77.4 Å². The fourth-order valence-corrected chi connectivity index (χ4v) is 2.28. The van der Waals surface area contributed by atoms with Crippen molar-refractivity contribution in [3.05, 3.63) is 36.2 Å². The van der Waals surface area contributed by atoms with Crippen LogP contribution in [0.4, 0.5) is 5.69 Å². The Labute approximate surface area is 147 Å². The lowest BCUT2D eigenvalue weighted by Gasteiger charge is -2.16. The predicted molar refractivity (Wildman–Crippen MR) is 95.0 cm³/mol. The molecule has 0 spiro atoms. The molecule has 0 bridgehead atoms. The maximum atomic E-state index is 12.5. The van der Waals surface area contributed by atoms with Crippen molar-refractivity contribution < 1.29 is 14.3 Å². The molecule has 1 unspecified atom stereocenters. The van der Waals surface area contributed by atoms with Gasteiger partial charge in [0.1, 0.15) is 6.04 Å². The number of aromatic nitrogens is 2. The number of carbonyl (C=O) groups is 1. The Morgan fingerprint density at radius 2 is 2.12 bits per heavy atom. The maximum Gasteiger partial charge on any atom is 0.246 e. The van der Waals surface area contributed by atoms with Gasteiger partial charge in [0.2, 0.25) is 5.91 Å². The summed E-state index contributed by atoms with van der Waals surface area (Å²) in [4.78, 5) is 12.5. The van der Waals surface area contributed by atoms with Gasteiger partial charge in [0.25, 0.3) is 0 Å². The van der Waals surface area contributed by atoms with E-state index < -0.39 is 6.04 Å². The molecule has 24 heavy (non-hydrogen) atoms. The summed E-state index contributed by atoms with van der Waals surface area (Å²) in [6.45, 7) is 2.41. The number of anilines is 1. The Morgan fingerprint density at radius 3 is 2.67 bits per heavy atom. The first-order chi connectivity index (χ1) is 11.1. The second-order valence-electron chi connectivity index (χ2n) is 4.96. The summed E-state index contributed by atoms with van der Waals surface area (Å²) in [7, 11) is 5.12. The number of aryl methyl sites for hydroxylation is 1. The first-order valence-corrected chi connectivity index (χ1v) is 7.36. The van der Waals surface area contributed by atoms with Crippen LogP contribution in [0.2, 0.25) is 0 Å². The number of nitrogens with zero attached hydrogens (tertiary/aromatic N) is 2. The summed E-state index contributed by atoms with van der Waals surface area (Å²) >= 11 is 0. The zero-order valence-corrected chi connectivity index (χ0v) is 15.0. The monoisotopic (exact) mass is 354 g/mol. The van der Waals surface area contributed by atoms with Crippen molar-refractivity contribution in [1.82, 2.24) is 15.1 Å². The summed E-state index contributed by atoms with van der Waals surface area (Å²) < 4.78 is 12.4. The van der Waals surface area contributed by atoms with Crippen molar-refractivity contribution >= 4 is 24.0 Å². The highest BCUT2D eigenvalue weighted by atomic mass is 35.5. The molecular weight excluding hydrogens is 332 g/mol. The number of amides is 1. The number of hydrogen-bond donors (Lipinski definition) is 2. The molecule has 0 fully saturated rings. The normalized spacial score (nSPS) is 11.3. The van der Waals surface area contributed by atoms with Crippen molar-refractivity contribution in [1.29, 1.82) is 0 Å². The minimum atomic E-state index is -0.485. The van der Waals surface area contributed by atoms with E-state index in [4.69, 9.17) is 9.47 Å². The van der Waals surface area contributed by atoms with E-state index >= 15 is 0 Å². The molecule has 1 heterocycles. The van der Waals surface area contributed by atoms with Crippen LogP contribution in [0.1, 0.15) is 18.5 Å². The average Bonchev–Trinajstić information content (AvgIpc) is 2.95. The number of halogens is 1. The predicted octanol–water partition coefficient (Wildman–Crippen LogP) is 2.15. The Hall–Kier alpha value is -2.25. The van der Waals surface area contributed by atoms with Gasteiger partial charge in [0.15, 0.2) is 11.5 Å². The number of nitrogens with one attached hydrogen (secondary N) is 2. The number of carbonyl (C=O) groups excluding carboxylic acids is 1. The van der Waals surface area contributed by atoms with Crippen LogP contribution in [0.25, 0.3) is 0 Å². The quantitative estimate of drug-likeness (QED) is 0.796. The summed E-state index contributed by atoms with van der Waals surface area (Å²) in [6.07, 6.45) is 3.47. The molecule has 132 valence electrons. The number of likely N-dealkylation sites (N-methyl/N-ethyl adjacent to an activating group) is 1. The van der Waals surface area contributed by atoms with E-state index in [1.54, 1.807) is 49.4 Å². The maximum absolute atomic E-state index is 12.5. The standard InChI is InChI=1S/C16H22N4O3.ClH/c1-5-23-14-8-12(6-7-13(14)22-4)19-16(21)15(17-2)11-9-18-20(3)10-11;/h6-10,15,17H,5H2,1-4H3,(H,19,21);1H. The molecule has 2 rings (SSSR count). The van der Waals surface area contributed by atoms with E-state index in [1.807, 2.05) is 14.0 Å². The lowest BCUT2D eigenvalue weighted by atomic mass is 10.1. The number of hydrogen-bond acceptors (Lipinski definition) is 5. The Kier molecular flexibility index (Phi) is 7.54. The molecular formula is C16H23ClN4O3. The molecule has 0 aliphatic carbocycles. The first-order valence-electron chi connectivity index (χ1n) is 7.36. The van der Waals surface area contributed by atoms with Crippen LogP contribution in [-0.2, 0) is 11.8 Å². The van der Waals surface area contributed by atoms with E-state index in [2.05, 4.69) is 15.7 Å². The first kappa shape index (κ1) is 19.8. The zero-order valence-electron chi connectivity index (χ0n) is 14.2. The zero-order chi connectivity index (χ0) is 16.8. The Balaban J connectivity index is 0.00000288. The lowest BCUT2D eigenvalue weighted by molar-refractivity contribution is -0.118. The third-order valence-corrected chi connectivity index (χ3v) is 3.34. The molecule has 1 aromatic carbocycles. The minimum Gasteiger partial charge on any atom is -0.493 e. The third-order valence-electron chi connectivity index (χ3n) is 3.34. The fraction of sp³-hybridized carbons (Fsp3) is 0.375. The van der Waals surface area contributed by atoms with Gasteiger partial charge in [-0.3, -0.25) is 9.48 Å². The van der Waals surface area contributed by atoms with E-state index in [9.17, 15) is 4.79 Å². The van der Waals surface area contributed by atoms with Crippen LogP contribution in [-0.4, -0.2) is 36.5 Å². The van der Waals surface area contributed by atoms with Gasteiger partial charge < -0.3 is 20.1 Å². The fourth-order valence-electron chi connectivity index (χ4n) is 2.28. The molecule has 8 heteroatoms. The summed E-state index contributed by atoms with van der Waals surface area (Å²) in [5, 5.41) is 9.97. The summed E-state index contributed by atoms with van der Waals surface area (Å²) in [5.41, 5.74) is 1.44. The second-order valence-corrected chi connectivity index (χ2v) is 4.96. The average molecular weight is 355 g/mol. The van der Waals surface area contributed by atoms with Crippen LogP contribution >= 0.6 is 12.4 Å². The van der Waals surface area contributed by atoms with Crippen LogP contribution < -0.4 is 20.1 Å². The third kappa shape index (κ3) is 4.62. The smallest absolute Gasteiger partial charge is 0.246 e. The van der Waals surface area contributed by atoms with Gasteiger partial charge in [0.05, 0.1) is 19.9 Å². The van der Waals surface area contributed by atoms with Gasteiger partial charge in [-0.1, -0.05) is 0 Å². The lowest BCUT2D eigenvalue weighted by Crippen LogP contribution is -2.30. The highest BCUT2D eigenvalue weighted by molar-refractivity contribution is 5.95. The van der Waals surface area contributed by atoms with Gasteiger partial charge in [-0.25, -0.2) is 0 Å². The molecule has 1 aromatic heterocycles. The van der Waals surface area contributed by atoms with Gasteiger partial charge >= 0.3 is 0 Å². The molecule has 0 aliphatic heterocycles. The highest BCUT2D eigenvalue weighted by Gasteiger charge is 2.20. The number of methoxy groups -OCH3 is 1. The Morgan fingerprint density at radius 1 is 1.38 bits per heavy atom. The molecule has 1 amide bonds. The van der Waals surface area contributed by atoms with Crippen LogP contribution in [0.3, 0.4) is 0 Å². The van der Waals surface area contributed by atoms with Crippen molar-refractivity contribution in [2.45, 2.75) is 13.0 Å². The Bertz CT molecular complexity index is 675. The van der Waals surface area contributed by atoms with Crippen molar-refractivity contribution in [3.8, 4) is 11.5 Å². The molecule has 2 N–H and O–H groups in total. The van der Waals surface area contributed by atoms with Crippen LogP contribution in [0.5, 0.6) is 11.5 Å². The molecule has 1 atom stereocenters.